The van der Waals surface area contributed by atoms with Crippen molar-refractivity contribution in [1.82, 2.24) is 0 Å². The van der Waals surface area contributed by atoms with Crippen LogP contribution in [0.2, 0.25) is 0 Å². The summed E-state index contributed by atoms with van der Waals surface area (Å²) in [7, 11) is 0. The molecule has 142 valence electrons. The second-order valence-electron chi connectivity index (χ2n) is 7.40. The number of ketones is 1. The van der Waals surface area contributed by atoms with Crippen LogP contribution in [0, 0.1) is 5.92 Å². The molecule has 0 bridgehead atoms. The third kappa shape index (κ3) is 5.68. The van der Waals surface area contributed by atoms with Gasteiger partial charge in [-0.3, -0.25) is 4.79 Å². The molecule has 27 heavy (non-hydrogen) atoms. The van der Waals surface area contributed by atoms with E-state index in [1.807, 2.05) is 31.2 Å². The van der Waals surface area contributed by atoms with Crippen LogP contribution in [0.4, 0.5) is 0 Å². The van der Waals surface area contributed by atoms with E-state index in [4.69, 9.17) is 9.57 Å². The molecule has 1 saturated carbocycles. The lowest BCUT2D eigenvalue weighted by Crippen LogP contribution is -2.12. The molecule has 0 unspecified atom stereocenters. The monoisotopic (exact) mass is 365 g/mol. The Kier molecular flexibility index (Phi) is 6.28. The van der Waals surface area contributed by atoms with E-state index in [0.717, 1.165) is 29.7 Å². The molecule has 0 radical (unpaired) electrons. The molecule has 4 heteroatoms. The molecule has 1 fully saturated rings. The average molecular weight is 365 g/mol. The predicted molar refractivity (Wildman–Crippen MR) is 107 cm³/mol. The summed E-state index contributed by atoms with van der Waals surface area (Å²) in [5.74, 6) is 1.66. The number of nitrogens with zero attached hydrogens (tertiary/aromatic N) is 1. The number of benzene rings is 2. The molecule has 0 amide bonds. The summed E-state index contributed by atoms with van der Waals surface area (Å²) < 4.78 is 5.55. The quantitative estimate of drug-likeness (QED) is 0.458. The van der Waals surface area contributed by atoms with Crippen LogP contribution in [-0.4, -0.2) is 18.1 Å². The number of carbonyl (C=O) groups is 1. The van der Waals surface area contributed by atoms with Crippen molar-refractivity contribution in [3.8, 4) is 5.75 Å². The van der Waals surface area contributed by atoms with Crippen LogP contribution >= 0.6 is 0 Å². The Morgan fingerprint density at radius 3 is 2.33 bits per heavy atom. The van der Waals surface area contributed by atoms with Gasteiger partial charge in [-0.1, -0.05) is 43.3 Å². The standard InChI is InChI=1S/C23H27NO3/c1-16(2)19-6-4-18(5-7-19)14-27-24-17(3)20-10-12-22(13-11-20)26-15-23(25)21-8-9-21/h4-7,10-13,16,21H,8-9,14-15H2,1-3H3. The van der Waals surface area contributed by atoms with Crippen LogP contribution in [0.15, 0.2) is 53.7 Å². The molecule has 0 atom stereocenters. The van der Waals surface area contributed by atoms with Gasteiger partial charge in [0, 0.05) is 5.92 Å². The molecular weight excluding hydrogens is 338 g/mol. The van der Waals surface area contributed by atoms with E-state index >= 15 is 0 Å². The largest absolute Gasteiger partial charge is 0.486 e. The molecule has 1 aliphatic rings. The lowest BCUT2D eigenvalue weighted by atomic mass is 10.0. The minimum Gasteiger partial charge on any atom is -0.486 e. The highest BCUT2D eigenvalue weighted by Gasteiger charge is 2.29. The molecule has 2 aromatic carbocycles. The van der Waals surface area contributed by atoms with E-state index in [0.29, 0.717) is 18.3 Å². The van der Waals surface area contributed by atoms with E-state index in [2.05, 4.69) is 43.3 Å². The predicted octanol–water partition coefficient (Wildman–Crippen LogP) is 5.11. The van der Waals surface area contributed by atoms with Crippen molar-refractivity contribution in [2.45, 2.75) is 46.1 Å². The second kappa shape index (κ2) is 8.85. The van der Waals surface area contributed by atoms with Gasteiger partial charge in [0.15, 0.2) is 5.78 Å². The van der Waals surface area contributed by atoms with Crippen molar-refractivity contribution >= 4 is 11.5 Å². The van der Waals surface area contributed by atoms with Gasteiger partial charge >= 0.3 is 0 Å². The fourth-order valence-corrected chi connectivity index (χ4v) is 2.73. The van der Waals surface area contributed by atoms with Crippen LogP contribution in [0.25, 0.3) is 0 Å². The van der Waals surface area contributed by atoms with Gasteiger partial charge in [-0.15, -0.1) is 0 Å². The van der Waals surface area contributed by atoms with Gasteiger partial charge in [0.2, 0.25) is 0 Å². The number of rotatable bonds is 9. The summed E-state index contributed by atoms with van der Waals surface area (Å²) in [5, 5.41) is 4.20. The first kappa shape index (κ1) is 19.2. The maximum Gasteiger partial charge on any atom is 0.173 e. The summed E-state index contributed by atoms with van der Waals surface area (Å²) in [6.07, 6.45) is 2.03. The zero-order valence-electron chi connectivity index (χ0n) is 16.3. The maximum absolute atomic E-state index is 11.7. The van der Waals surface area contributed by atoms with E-state index < -0.39 is 0 Å². The molecule has 4 nitrogen and oxygen atoms in total. The van der Waals surface area contributed by atoms with Gasteiger partial charge in [0.25, 0.3) is 0 Å². The summed E-state index contributed by atoms with van der Waals surface area (Å²) >= 11 is 0. The van der Waals surface area contributed by atoms with Crippen LogP contribution in [-0.2, 0) is 16.2 Å². The van der Waals surface area contributed by atoms with Gasteiger partial charge in [-0.2, -0.15) is 0 Å². The van der Waals surface area contributed by atoms with Crippen molar-refractivity contribution in [1.29, 1.82) is 0 Å². The fourth-order valence-electron chi connectivity index (χ4n) is 2.73. The number of oxime groups is 1. The number of hydrogen-bond acceptors (Lipinski definition) is 4. The minimum absolute atomic E-state index is 0.162. The third-order valence-corrected chi connectivity index (χ3v) is 4.76. The zero-order valence-corrected chi connectivity index (χ0v) is 16.3. The van der Waals surface area contributed by atoms with Gasteiger partial charge < -0.3 is 9.57 Å². The van der Waals surface area contributed by atoms with Crippen molar-refractivity contribution < 1.29 is 14.4 Å². The Morgan fingerprint density at radius 1 is 1.07 bits per heavy atom. The molecule has 0 spiro atoms. The topological polar surface area (TPSA) is 47.9 Å². The molecular formula is C23H27NO3. The summed E-state index contributed by atoms with van der Waals surface area (Å²) in [5.41, 5.74) is 4.18. The lowest BCUT2D eigenvalue weighted by molar-refractivity contribution is -0.122. The first-order chi connectivity index (χ1) is 13.0. The first-order valence-electron chi connectivity index (χ1n) is 9.54. The highest BCUT2D eigenvalue weighted by molar-refractivity contribution is 5.98. The minimum atomic E-state index is 0.162. The number of carbonyl (C=O) groups excluding carboxylic acids is 1. The Bertz CT molecular complexity index is 787. The lowest BCUT2D eigenvalue weighted by Gasteiger charge is -2.08. The van der Waals surface area contributed by atoms with Crippen LogP contribution in [0.3, 0.4) is 0 Å². The van der Waals surface area contributed by atoms with Gasteiger partial charge in [-0.05, 0) is 66.6 Å². The van der Waals surface area contributed by atoms with Crippen LogP contribution in [0.1, 0.15) is 56.2 Å². The van der Waals surface area contributed by atoms with Crippen molar-refractivity contribution in [3.63, 3.8) is 0 Å². The summed E-state index contributed by atoms with van der Waals surface area (Å²) in [4.78, 5) is 17.2. The second-order valence-corrected chi connectivity index (χ2v) is 7.40. The molecule has 1 aliphatic carbocycles. The number of hydrogen-bond donors (Lipinski definition) is 0. The Labute approximate surface area is 161 Å². The van der Waals surface area contributed by atoms with Crippen molar-refractivity contribution in [2.75, 3.05) is 6.61 Å². The van der Waals surface area contributed by atoms with Crippen LogP contribution < -0.4 is 4.74 Å². The zero-order chi connectivity index (χ0) is 19.2. The molecule has 0 heterocycles. The Hall–Kier alpha value is -2.62. The Balaban J connectivity index is 1.48. The van der Waals surface area contributed by atoms with Crippen molar-refractivity contribution in [3.05, 3.63) is 65.2 Å². The molecule has 0 aliphatic heterocycles. The smallest absolute Gasteiger partial charge is 0.173 e. The van der Waals surface area contributed by atoms with E-state index in [1.165, 1.54) is 5.56 Å². The normalized spacial score (nSPS) is 14.3. The molecule has 0 saturated heterocycles. The van der Waals surface area contributed by atoms with E-state index in [9.17, 15) is 4.79 Å². The van der Waals surface area contributed by atoms with E-state index in [-0.39, 0.29) is 18.3 Å². The maximum atomic E-state index is 11.7. The van der Waals surface area contributed by atoms with Gasteiger partial charge in [0.1, 0.15) is 19.0 Å². The molecule has 2 aromatic rings. The number of Topliss-reactive ketones (excluding diaryl/α,β-unsaturated/α-hetero) is 1. The molecule has 0 aromatic heterocycles. The third-order valence-electron chi connectivity index (χ3n) is 4.76. The summed E-state index contributed by atoms with van der Waals surface area (Å²) in [6.45, 7) is 6.88. The van der Waals surface area contributed by atoms with Crippen molar-refractivity contribution in [2.24, 2.45) is 11.1 Å². The fraction of sp³-hybridized carbons (Fsp3) is 0.391. The van der Waals surface area contributed by atoms with Crippen LogP contribution in [0.5, 0.6) is 5.75 Å². The number of ether oxygens (including phenoxy) is 1. The Morgan fingerprint density at radius 2 is 1.74 bits per heavy atom. The van der Waals surface area contributed by atoms with Gasteiger partial charge in [-0.25, -0.2) is 0 Å². The van der Waals surface area contributed by atoms with Gasteiger partial charge in [0.05, 0.1) is 5.71 Å². The summed E-state index contributed by atoms with van der Waals surface area (Å²) in [6, 6.07) is 16.0. The van der Waals surface area contributed by atoms with E-state index in [1.54, 1.807) is 0 Å². The SMILES string of the molecule is CC(=NOCc1ccc(C(C)C)cc1)c1ccc(OCC(=O)C2CC2)cc1. The molecule has 0 N–H and O–H groups in total. The first-order valence-corrected chi connectivity index (χ1v) is 9.54. The highest BCUT2D eigenvalue weighted by atomic mass is 16.6. The highest BCUT2D eigenvalue weighted by Crippen LogP contribution is 2.30. The average Bonchev–Trinajstić information content (AvgIpc) is 3.52. The molecule has 3 rings (SSSR count).